The Bertz CT molecular complexity index is 985. The molecule has 1 aromatic heterocycles. The molecule has 2 aromatic carbocycles. The lowest BCUT2D eigenvalue weighted by molar-refractivity contribution is -0.108. The lowest BCUT2D eigenvalue weighted by Crippen LogP contribution is -2.28. The summed E-state index contributed by atoms with van der Waals surface area (Å²) in [6.07, 6.45) is 2.66. The van der Waals surface area contributed by atoms with Crippen LogP contribution in [0.25, 0.3) is 22.0 Å². The molecule has 146 valence electrons. The maximum atomic E-state index is 10.9. The van der Waals surface area contributed by atoms with Gasteiger partial charge in [0.2, 0.25) is 0 Å². The molecule has 28 heavy (non-hydrogen) atoms. The number of aryl methyl sites for hydroxylation is 4. The molecule has 3 aromatic rings. The van der Waals surface area contributed by atoms with E-state index >= 15 is 0 Å². The van der Waals surface area contributed by atoms with Crippen molar-refractivity contribution in [2.24, 2.45) is 7.05 Å². The second-order valence-electron chi connectivity index (χ2n) is 7.32. The first-order valence-corrected chi connectivity index (χ1v) is 9.64. The number of nitrogens with zero attached hydrogens (tertiary/aromatic N) is 3. The number of carbonyl (C=O) groups excluding carboxylic acids is 2. The van der Waals surface area contributed by atoms with Crippen LogP contribution in [0, 0.1) is 20.8 Å². The van der Waals surface area contributed by atoms with Crippen LogP contribution in [-0.4, -0.2) is 35.4 Å². The van der Waals surface area contributed by atoms with Gasteiger partial charge in [0.15, 0.2) is 0 Å². The number of fused-ring (bicyclic) bond motifs is 1. The molecule has 0 saturated carbocycles. The molecule has 0 unspecified atom stereocenters. The number of benzene rings is 2. The molecule has 5 nitrogen and oxygen atoms in total. The topological polar surface area (TPSA) is 55.2 Å². The van der Waals surface area contributed by atoms with E-state index in [2.05, 4.69) is 56.0 Å². The minimum atomic E-state index is 0.418. The van der Waals surface area contributed by atoms with E-state index in [1.165, 1.54) is 22.3 Å². The van der Waals surface area contributed by atoms with E-state index < -0.39 is 0 Å². The van der Waals surface area contributed by atoms with Crippen molar-refractivity contribution in [3.05, 3.63) is 47.0 Å². The molecule has 0 aliphatic heterocycles. The van der Waals surface area contributed by atoms with Gasteiger partial charge in [0.25, 0.3) is 0 Å². The van der Waals surface area contributed by atoms with E-state index in [-0.39, 0.29) is 0 Å². The molecule has 0 N–H and O–H groups in total. The van der Waals surface area contributed by atoms with Gasteiger partial charge in [-0.25, -0.2) is 0 Å². The highest BCUT2D eigenvalue weighted by Crippen LogP contribution is 2.36. The lowest BCUT2D eigenvalue weighted by atomic mass is 9.92. The van der Waals surface area contributed by atoms with Gasteiger partial charge >= 0.3 is 0 Å². The van der Waals surface area contributed by atoms with Gasteiger partial charge in [-0.15, -0.1) is 0 Å². The van der Waals surface area contributed by atoms with E-state index in [0.29, 0.717) is 25.9 Å². The largest absolute Gasteiger partial charge is 0.355 e. The Kier molecular flexibility index (Phi) is 5.93. The van der Waals surface area contributed by atoms with Gasteiger partial charge < -0.3 is 14.5 Å². The molecule has 0 atom stereocenters. The predicted octanol–water partition coefficient (Wildman–Crippen LogP) is 4.15. The molecule has 0 fully saturated rings. The highest BCUT2D eigenvalue weighted by molar-refractivity contribution is 6.01. The second kappa shape index (κ2) is 8.38. The van der Waals surface area contributed by atoms with Gasteiger partial charge in [-0.1, -0.05) is 29.8 Å². The van der Waals surface area contributed by atoms with Crippen LogP contribution in [0.15, 0.2) is 30.3 Å². The number of aromatic nitrogens is 2. The van der Waals surface area contributed by atoms with Crippen molar-refractivity contribution < 1.29 is 9.59 Å². The zero-order valence-electron chi connectivity index (χ0n) is 17.0. The Morgan fingerprint density at radius 3 is 2.18 bits per heavy atom. The van der Waals surface area contributed by atoms with Crippen LogP contribution >= 0.6 is 0 Å². The minimum Gasteiger partial charge on any atom is -0.355 e. The molecule has 0 amide bonds. The zero-order chi connectivity index (χ0) is 20.3. The van der Waals surface area contributed by atoms with Crippen molar-refractivity contribution in [1.29, 1.82) is 0 Å². The van der Waals surface area contributed by atoms with Gasteiger partial charge in [0, 0.05) is 43.9 Å². The number of anilines is 1. The van der Waals surface area contributed by atoms with Crippen LogP contribution in [0.1, 0.15) is 29.5 Å². The number of carbonyl (C=O) groups is 2. The van der Waals surface area contributed by atoms with Gasteiger partial charge in [0.1, 0.15) is 23.9 Å². The maximum absolute atomic E-state index is 10.9. The van der Waals surface area contributed by atoms with Gasteiger partial charge in [-0.3, -0.25) is 4.68 Å². The van der Waals surface area contributed by atoms with Crippen molar-refractivity contribution in [2.75, 3.05) is 18.0 Å². The van der Waals surface area contributed by atoms with Crippen LogP contribution in [0.3, 0.4) is 0 Å². The van der Waals surface area contributed by atoms with Crippen molar-refractivity contribution in [3.63, 3.8) is 0 Å². The first kappa shape index (κ1) is 19.8. The first-order chi connectivity index (χ1) is 13.5. The third-order valence-corrected chi connectivity index (χ3v) is 5.11. The summed E-state index contributed by atoms with van der Waals surface area (Å²) in [7, 11) is 1.92. The minimum absolute atomic E-state index is 0.418. The summed E-state index contributed by atoms with van der Waals surface area (Å²) in [5.41, 5.74) is 6.99. The fraction of sp³-hybridized carbons (Fsp3) is 0.348. The fourth-order valence-corrected chi connectivity index (χ4v) is 4.13. The molecule has 0 spiro atoms. The van der Waals surface area contributed by atoms with Crippen LogP contribution in [-0.2, 0) is 16.6 Å². The van der Waals surface area contributed by atoms with Crippen molar-refractivity contribution in [1.82, 2.24) is 9.78 Å². The van der Waals surface area contributed by atoms with Crippen LogP contribution < -0.4 is 4.90 Å². The molecule has 0 bridgehead atoms. The smallest absolute Gasteiger partial charge is 0.134 e. The Balaban J connectivity index is 2.19. The molecular formula is C23H27N3O2. The summed E-state index contributed by atoms with van der Waals surface area (Å²) in [5, 5.41) is 5.87. The van der Waals surface area contributed by atoms with E-state index in [9.17, 15) is 9.59 Å². The fourth-order valence-electron chi connectivity index (χ4n) is 4.13. The monoisotopic (exact) mass is 377 g/mol. The lowest BCUT2D eigenvalue weighted by Gasteiger charge is -2.23. The van der Waals surface area contributed by atoms with Gasteiger partial charge in [0.05, 0.1) is 0 Å². The van der Waals surface area contributed by atoms with Crippen molar-refractivity contribution in [2.45, 2.75) is 33.6 Å². The molecule has 1 heterocycles. The third-order valence-electron chi connectivity index (χ3n) is 5.11. The highest BCUT2D eigenvalue weighted by atomic mass is 16.1. The summed E-state index contributed by atoms with van der Waals surface area (Å²) in [4.78, 5) is 23.9. The predicted molar refractivity (Wildman–Crippen MR) is 114 cm³/mol. The summed E-state index contributed by atoms with van der Waals surface area (Å²) in [6, 6.07) is 10.6. The van der Waals surface area contributed by atoms with Crippen molar-refractivity contribution >= 4 is 29.3 Å². The number of rotatable bonds is 8. The van der Waals surface area contributed by atoms with Crippen LogP contribution in [0.4, 0.5) is 5.82 Å². The van der Waals surface area contributed by atoms with E-state index in [4.69, 9.17) is 5.10 Å². The summed E-state index contributed by atoms with van der Waals surface area (Å²) in [6.45, 7) is 7.52. The molecule has 0 saturated heterocycles. The normalized spacial score (nSPS) is 11.0. The summed E-state index contributed by atoms with van der Waals surface area (Å²) in [5.74, 6) is 0.947. The van der Waals surface area contributed by atoms with Crippen LogP contribution in [0.5, 0.6) is 0 Å². The first-order valence-electron chi connectivity index (χ1n) is 9.64. The Morgan fingerprint density at radius 1 is 1.00 bits per heavy atom. The van der Waals surface area contributed by atoms with E-state index in [1.807, 2.05) is 11.7 Å². The number of hydrogen-bond donors (Lipinski definition) is 0. The molecular weight excluding hydrogens is 350 g/mol. The summed E-state index contributed by atoms with van der Waals surface area (Å²) < 4.78 is 1.86. The maximum Gasteiger partial charge on any atom is 0.134 e. The molecule has 0 aliphatic rings. The number of aldehydes is 2. The van der Waals surface area contributed by atoms with Gasteiger partial charge in [-0.05, 0) is 43.5 Å². The SMILES string of the molecule is Cc1cc(C)c(-c2cccc3c(N(CCC=O)CCC=O)n(C)nc23)c(C)c1. The molecule has 0 aliphatic carbocycles. The molecule has 0 radical (unpaired) electrons. The zero-order valence-corrected chi connectivity index (χ0v) is 17.0. The second-order valence-corrected chi connectivity index (χ2v) is 7.32. The summed E-state index contributed by atoms with van der Waals surface area (Å²) >= 11 is 0. The van der Waals surface area contributed by atoms with Crippen molar-refractivity contribution in [3.8, 4) is 11.1 Å². The third kappa shape index (κ3) is 3.70. The number of hydrogen-bond acceptors (Lipinski definition) is 4. The van der Waals surface area contributed by atoms with Gasteiger partial charge in [-0.2, -0.15) is 5.10 Å². The Morgan fingerprint density at radius 2 is 1.61 bits per heavy atom. The molecule has 3 rings (SSSR count). The standard InChI is InChI=1S/C23H27N3O2/c1-16-14-17(2)21(18(3)15-16)19-8-5-9-20-22(19)24-25(4)23(20)26(10-6-12-27)11-7-13-28/h5,8-9,12-15H,6-7,10-11H2,1-4H3. The van der Waals surface area contributed by atoms with E-state index in [1.54, 1.807) is 0 Å². The van der Waals surface area contributed by atoms with E-state index in [0.717, 1.165) is 34.9 Å². The average molecular weight is 377 g/mol. The molecule has 5 heteroatoms. The Labute approximate surface area is 166 Å². The quantitative estimate of drug-likeness (QED) is 0.554. The highest BCUT2D eigenvalue weighted by Gasteiger charge is 2.19. The Hall–Kier alpha value is -2.95. The average Bonchev–Trinajstić information content (AvgIpc) is 2.98. The van der Waals surface area contributed by atoms with Crippen LogP contribution in [0.2, 0.25) is 0 Å².